The summed E-state index contributed by atoms with van der Waals surface area (Å²) < 4.78 is 5.39. The van der Waals surface area contributed by atoms with Gasteiger partial charge in [-0.3, -0.25) is 9.59 Å². The van der Waals surface area contributed by atoms with Crippen LogP contribution in [-0.2, 0) is 9.59 Å². The second-order valence-electron chi connectivity index (χ2n) is 5.16. The van der Waals surface area contributed by atoms with Crippen molar-refractivity contribution in [3.63, 3.8) is 0 Å². The quantitative estimate of drug-likeness (QED) is 0.911. The third-order valence-electron chi connectivity index (χ3n) is 3.57. The van der Waals surface area contributed by atoms with Crippen molar-refractivity contribution in [1.82, 2.24) is 0 Å². The van der Waals surface area contributed by atoms with Crippen LogP contribution < -0.4 is 15.4 Å². The van der Waals surface area contributed by atoms with Gasteiger partial charge in [0.2, 0.25) is 5.91 Å². The van der Waals surface area contributed by atoms with Crippen LogP contribution >= 0.6 is 0 Å². The first-order chi connectivity index (χ1) is 10.6. The summed E-state index contributed by atoms with van der Waals surface area (Å²) in [5, 5.41) is 5.57. The SMILES string of the molecule is CC1C(=O)Nc2ccc(NC(=O)COc3ccccc3)cc21. The molecule has 2 amide bonds. The fourth-order valence-electron chi connectivity index (χ4n) is 2.36. The van der Waals surface area contributed by atoms with E-state index in [1.54, 1.807) is 24.3 Å². The number of hydrogen-bond donors (Lipinski definition) is 2. The minimum atomic E-state index is -0.242. The van der Waals surface area contributed by atoms with E-state index in [0.29, 0.717) is 11.4 Å². The molecule has 1 unspecified atom stereocenters. The van der Waals surface area contributed by atoms with Gasteiger partial charge in [0.05, 0.1) is 5.92 Å². The normalized spacial score (nSPS) is 15.9. The van der Waals surface area contributed by atoms with Crippen LogP contribution in [0.25, 0.3) is 0 Å². The average molecular weight is 296 g/mol. The molecule has 1 aliphatic rings. The maximum Gasteiger partial charge on any atom is 0.262 e. The summed E-state index contributed by atoms with van der Waals surface area (Å²) >= 11 is 0. The number of hydrogen-bond acceptors (Lipinski definition) is 3. The van der Waals surface area contributed by atoms with Crippen LogP contribution in [0.4, 0.5) is 11.4 Å². The Labute approximate surface area is 128 Å². The monoisotopic (exact) mass is 296 g/mol. The van der Waals surface area contributed by atoms with Gasteiger partial charge >= 0.3 is 0 Å². The van der Waals surface area contributed by atoms with Crippen LogP contribution in [0.2, 0.25) is 0 Å². The molecular formula is C17H16N2O3. The van der Waals surface area contributed by atoms with E-state index in [0.717, 1.165) is 11.3 Å². The van der Waals surface area contributed by atoms with Crippen LogP contribution in [0.3, 0.4) is 0 Å². The molecule has 22 heavy (non-hydrogen) atoms. The summed E-state index contributed by atoms with van der Waals surface area (Å²) in [4.78, 5) is 23.5. The van der Waals surface area contributed by atoms with E-state index < -0.39 is 0 Å². The number of para-hydroxylation sites is 1. The highest BCUT2D eigenvalue weighted by atomic mass is 16.5. The molecular weight excluding hydrogens is 280 g/mol. The first-order valence-corrected chi connectivity index (χ1v) is 7.06. The molecule has 0 saturated carbocycles. The molecule has 5 nitrogen and oxygen atoms in total. The smallest absolute Gasteiger partial charge is 0.262 e. The van der Waals surface area contributed by atoms with Crippen molar-refractivity contribution in [2.75, 3.05) is 17.2 Å². The third-order valence-corrected chi connectivity index (χ3v) is 3.57. The third kappa shape index (κ3) is 2.93. The first-order valence-electron chi connectivity index (χ1n) is 7.06. The van der Waals surface area contributed by atoms with Crippen molar-refractivity contribution in [2.45, 2.75) is 12.8 Å². The lowest BCUT2D eigenvalue weighted by Crippen LogP contribution is -2.20. The highest BCUT2D eigenvalue weighted by Crippen LogP contribution is 2.33. The lowest BCUT2D eigenvalue weighted by molar-refractivity contribution is -0.118. The molecule has 0 aromatic heterocycles. The number of ether oxygens (including phenoxy) is 1. The summed E-state index contributed by atoms with van der Waals surface area (Å²) in [6, 6.07) is 14.5. The molecule has 3 rings (SSSR count). The molecule has 2 aromatic carbocycles. The standard InChI is InChI=1S/C17H16N2O3/c1-11-14-9-12(7-8-15(14)19-17(11)21)18-16(20)10-22-13-5-3-2-4-6-13/h2-9,11H,10H2,1H3,(H,18,20)(H,19,21). The van der Waals surface area contributed by atoms with Crippen molar-refractivity contribution < 1.29 is 14.3 Å². The summed E-state index contributed by atoms with van der Waals surface area (Å²) in [7, 11) is 0. The zero-order chi connectivity index (χ0) is 15.5. The van der Waals surface area contributed by atoms with Crippen molar-refractivity contribution in [3.8, 4) is 5.75 Å². The van der Waals surface area contributed by atoms with Gasteiger partial charge in [0.25, 0.3) is 5.91 Å². The Hall–Kier alpha value is -2.82. The van der Waals surface area contributed by atoms with E-state index in [1.165, 1.54) is 0 Å². The fourth-order valence-corrected chi connectivity index (χ4v) is 2.36. The molecule has 0 fully saturated rings. The maximum absolute atomic E-state index is 11.9. The van der Waals surface area contributed by atoms with Gasteiger partial charge in [-0.15, -0.1) is 0 Å². The van der Waals surface area contributed by atoms with E-state index in [1.807, 2.05) is 31.2 Å². The lowest BCUT2D eigenvalue weighted by atomic mass is 10.0. The Kier molecular flexibility index (Phi) is 3.78. The number of anilines is 2. The lowest BCUT2D eigenvalue weighted by Gasteiger charge is -2.09. The van der Waals surface area contributed by atoms with E-state index in [4.69, 9.17) is 4.74 Å². The topological polar surface area (TPSA) is 67.4 Å². The Bertz CT molecular complexity index is 713. The molecule has 1 heterocycles. The Balaban J connectivity index is 1.62. The number of carbonyl (C=O) groups excluding carboxylic acids is 2. The molecule has 1 atom stereocenters. The summed E-state index contributed by atoms with van der Waals surface area (Å²) in [6.07, 6.45) is 0. The Morgan fingerprint density at radius 2 is 2.00 bits per heavy atom. The predicted molar refractivity (Wildman–Crippen MR) is 84.1 cm³/mol. The van der Waals surface area contributed by atoms with Gasteiger partial charge in [-0.05, 0) is 42.8 Å². The number of benzene rings is 2. The number of carbonyl (C=O) groups is 2. The molecule has 112 valence electrons. The number of fused-ring (bicyclic) bond motifs is 1. The molecule has 2 N–H and O–H groups in total. The van der Waals surface area contributed by atoms with Crippen LogP contribution in [0.15, 0.2) is 48.5 Å². The van der Waals surface area contributed by atoms with Crippen LogP contribution in [-0.4, -0.2) is 18.4 Å². The van der Waals surface area contributed by atoms with Crippen molar-refractivity contribution in [3.05, 3.63) is 54.1 Å². The highest BCUT2D eigenvalue weighted by molar-refractivity contribution is 6.03. The van der Waals surface area contributed by atoms with Gasteiger partial charge < -0.3 is 15.4 Å². The van der Waals surface area contributed by atoms with Gasteiger partial charge in [-0.2, -0.15) is 0 Å². The zero-order valence-electron chi connectivity index (χ0n) is 12.1. The minimum absolute atomic E-state index is 0.0223. The number of rotatable bonds is 4. The number of nitrogens with one attached hydrogen (secondary N) is 2. The highest BCUT2D eigenvalue weighted by Gasteiger charge is 2.26. The van der Waals surface area contributed by atoms with E-state index in [-0.39, 0.29) is 24.3 Å². The van der Waals surface area contributed by atoms with Gasteiger partial charge in [-0.1, -0.05) is 18.2 Å². The van der Waals surface area contributed by atoms with Gasteiger partial charge in [0.1, 0.15) is 5.75 Å². The predicted octanol–water partition coefficient (Wildman–Crippen LogP) is 2.76. The average Bonchev–Trinajstić information content (AvgIpc) is 2.81. The van der Waals surface area contributed by atoms with Gasteiger partial charge in [0, 0.05) is 11.4 Å². The molecule has 0 bridgehead atoms. The van der Waals surface area contributed by atoms with Crippen molar-refractivity contribution in [1.29, 1.82) is 0 Å². The van der Waals surface area contributed by atoms with E-state index in [9.17, 15) is 9.59 Å². The Morgan fingerprint density at radius 3 is 2.77 bits per heavy atom. The summed E-state index contributed by atoms with van der Waals surface area (Å²) in [6.45, 7) is 1.78. The van der Waals surface area contributed by atoms with Crippen LogP contribution in [0.5, 0.6) is 5.75 Å². The largest absolute Gasteiger partial charge is 0.484 e. The van der Waals surface area contributed by atoms with Crippen LogP contribution in [0, 0.1) is 0 Å². The second kappa shape index (κ2) is 5.89. The minimum Gasteiger partial charge on any atom is -0.484 e. The van der Waals surface area contributed by atoms with E-state index >= 15 is 0 Å². The fraction of sp³-hybridized carbons (Fsp3) is 0.176. The molecule has 0 saturated heterocycles. The van der Waals surface area contributed by atoms with Crippen LogP contribution in [0.1, 0.15) is 18.4 Å². The maximum atomic E-state index is 11.9. The summed E-state index contributed by atoms with van der Waals surface area (Å²) in [5.41, 5.74) is 2.35. The summed E-state index contributed by atoms with van der Waals surface area (Å²) in [5.74, 6) is 0.182. The molecule has 5 heteroatoms. The zero-order valence-corrected chi connectivity index (χ0v) is 12.1. The van der Waals surface area contributed by atoms with Crippen molar-refractivity contribution >= 4 is 23.2 Å². The van der Waals surface area contributed by atoms with Crippen molar-refractivity contribution in [2.24, 2.45) is 0 Å². The van der Waals surface area contributed by atoms with E-state index in [2.05, 4.69) is 10.6 Å². The van der Waals surface area contributed by atoms with Gasteiger partial charge in [0.15, 0.2) is 6.61 Å². The molecule has 2 aromatic rings. The Morgan fingerprint density at radius 1 is 1.23 bits per heavy atom. The second-order valence-corrected chi connectivity index (χ2v) is 5.16. The molecule has 0 aliphatic carbocycles. The molecule has 1 aliphatic heterocycles. The number of amides is 2. The molecule has 0 radical (unpaired) electrons. The molecule has 0 spiro atoms. The van der Waals surface area contributed by atoms with Gasteiger partial charge in [-0.25, -0.2) is 0 Å². The first kappa shape index (κ1) is 14.1.